The summed E-state index contributed by atoms with van der Waals surface area (Å²) in [6.45, 7) is 1.55. The van der Waals surface area contributed by atoms with Gasteiger partial charge in [-0.15, -0.1) is 0 Å². The predicted molar refractivity (Wildman–Crippen MR) is 65.8 cm³/mol. The maximum atomic E-state index is 10.8. The van der Waals surface area contributed by atoms with E-state index in [1.54, 1.807) is 13.0 Å². The van der Waals surface area contributed by atoms with E-state index in [0.717, 1.165) is 0 Å². The first-order chi connectivity index (χ1) is 8.99. The topological polar surface area (TPSA) is 106 Å². The highest BCUT2D eigenvalue weighted by atomic mass is 16.6. The number of aromatic carboxylic acids is 1. The molecule has 0 amide bonds. The largest absolute Gasteiger partial charge is 0.478 e. The zero-order valence-electron chi connectivity index (χ0n) is 9.90. The zero-order chi connectivity index (χ0) is 14.0. The maximum absolute atomic E-state index is 10.8. The Morgan fingerprint density at radius 1 is 1.42 bits per heavy atom. The van der Waals surface area contributed by atoms with Gasteiger partial charge in [-0.2, -0.15) is 0 Å². The summed E-state index contributed by atoms with van der Waals surface area (Å²) in [6, 6.07) is 5.86. The van der Waals surface area contributed by atoms with E-state index in [4.69, 9.17) is 5.11 Å². The number of benzene rings is 1. The van der Waals surface area contributed by atoms with Gasteiger partial charge in [0.15, 0.2) is 5.82 Å². The summed E-state index contributed by atoms with van der Waals surface area (Å²) in [5.74, 6) is -0.853. The summed E-state index contributed by atoms with van der Waals surface area (Å²) >= 11 is 0. The second-order valence-corrected chi connectivity index (χ2v) is 3.81. The molecule has 7 heteroatoms. The second kappa shape index (κ2) is 4.81. The van der Waals surface area contributed by atoms with Crippen molar-refractivity contribution in [3.8, 4) is 11.4 Å². The minimum absolute atomic E-state index is 0.00850. The van der Waals surface area contributed by atoms with Gasteiger partial charge in [-0.3, -0.25) is 10.1 Å². The number of nitro benzene ring substituents is 1. The van der Waals surface area contributed by atoms with E-state index in [2.05, 4.69) is 9.97 Å². The van der Waals surface area contributed by atoms with Gasteiger partial charge in [0.05, 0.1) is 16.2 Å². The number of non-ortho nitro benzene ring substituents is 1. The maximum Gasteiger partial charge on any atom is 0.339 e. The van der Waals surface area contributed by atoms with Gasteiger partial charge in [-0.05, 0) is 6.92 Å². The number of aromatic nitrogens is 2. The van der Waals surface area contributed by atoms with Crippen LogP contribution in [-0.4, -0.2) is 26.0 Å². The Kier molecular flexibility index (Phi) is 3.19. The fraction of sp³-hybridized carbons (Fsp3) is 0.0833. The smallest absolute Gasteiger partial charge is 0.339 e. The van der Waals surface area contributed by atoms with Crippen LogP contribution >= 0.6 is 0 Å². The Hall–Kier alpha value is -2.83. The summed E-state index contributed by atoms with van der Waals surface area (Å²) in [4.78, 5) is 29.0. The van der Waals surface area contributed by atoms with E-state index in [-0.39, 0.29) is 17.1 Å². The number of nitro groups is 1. The molecule has 0 aliphatic heterocycles. The SMILES string of the molecule is Cc1nc(-c2cccc([N+](=O)[O-])c2)ncc1C(=O)O. The molecule has 0 unspecified atom stereocenters. The molecule has 0 spiro atoms. The minimum Gasteiger partial charge on any atom is -0.478 e. The van der Waals surface area contributed by atoms with E-state index < -0.39 is 10.9 Å². The summed E-state index contributed by atoms with van der Waals surface area (Å²) in [5.41, 5.74) is 0.716. The fourth-order valence-electron chi connectivity index (χ4n) is 1.57. The Balaban J connectivity index is 2.48. The van der Waals surface area contributed by atoms with E-state index in [1.807, 2.05) is 0 Å². The average Bonchev–Trinajstić information content (AvgIpc) is 2.38. The molecule has 0 aliphatic carbocycles. The third kappa shape index (κ3) is 2.54. The lowest BCUT2D eigenvalue weighted by Gasteiger charge is -2.03. The standard InChI is InChI=1S/C12H9N3O4/c1-7-10(12(16)17)6-13-11(14-7)8-3-2-4-9(5-8)15(18)19/h2-6H,1H3,(H,16,17). The number of nitrogens with zero attached hydrogens (tertiary/aromatic N) is 3. The lowest BCUT2D eigenvalue weighted by Crippen LogP contribution is -2.04. The van der Waals surface area contributed by atoms with Crippen molar-refractivity contribution in [1.82, 2.24) is 9.97 Å². The molecule has 2 rings (SSSR count). The lowest BCUT2D eigenvalue weighted by atomic mass is 10.1. The van der Waals surface area contributed by atoms with Crippen LogP contribution in [0.2, 0.25) is 0 Å². The van der Waals surface area contributed by atoms with Crippen LogP contribution in [0.15, 0.2) is 30.5 Å². The van der Waals surface area contributed by atoms with Crippen LogP contribution < -0.4 is 0 Å². The summed E-state index contributed by atoms with van der Waals surface area (Å²) in [5, 5.41) is 19.6. The van der Waals surface area contributed by atoms with Gasteiger partial charge in [0, 0.05) is 23.9 Å². The van der Waals surface area contributed by atoms with E-state index in [9.17, 15) is 14.9 Å². The lowest BCUT2D eigenvalue weighted by molar-refractivity contribution is -0.384. The van der Waals surface area contributed by atoms with Crippen LogP contribution in [0.1, 0.15) is 16.1 Å². The Morgan fingerprint density at radius 3 is 2.74 bits per heavy atom. The zero-order valence-corrected chi connectivity index (χ0v) is 9.90. The number of carboxylic acid groups (broad SMARTS) is 1. The van der Waals surface area contributed by atoms with Gasteiger partial charge >= 0.3 is 5.97 Å². The summed E-state index contributed by atoms with van der Waals surface area (Å²) in [6.07, 6.45) is 1.19. The summed E-state index contributed by atoms with van der Waals surface area (Å²) < 4.78 is 0. The molecule has 2 aromatic rings. The Bertz CT molecular complexity index is 670. The average molecular weight is 259 g/mol. The number of hydrogen-bond acceptors (Lipinski definition) is 5. The van der Waals surface area contributed by atoms with Gasteiger partial charge < -0.3 is 5.11 Å². The van der Waals surface area contributed by atoms with Crippen LogP contribution in [0.25, 0.3) is 11.4 Å². The Labute approximate surface area is 107 Å². The van der Waals surface area contributed by atoms with Crippen LogP contribution in [0.4, 0.5) is 5.69 Å². The van der Waals surface area contributed by atoms with Crippen LogP contribution in [0.5, 0.6) is 0 Å². The molecule has 0 atom stereocenters. The van der Waals surface area contributed by atoms with E-state index in [0.29, 0.717) is 11.3 Å². The van der Waals surface area contributed by atoms with Crippen molar-refractivity contribution in [2.45, 2.75) is 6.92 Å². The first-order valence-electron chi connectivity index (χ1n) is 5.31. The van der Waals surface area contributed by atoms with Gasteiger partial charge in [-0.25, -0.2) is 14.8 Å². The third-order valence-corrected chi connectivity index (χ3v) is 2.52. The molecule has 1 aromatic heterocycles. The fourth-order valence-corrected chi connectivity index (χ4v) is 1.57. The van der Waals surface area contributed by atoms with Crippen molar-refractivity contribution in [2.75, 3.05) is 0 Å². The van der Waals surface area contributed by atoms with E-state index >= 15 is 0 Å². The highest BCUT2D eigenvalue weighted by Gasteiger charge is 2.13. The summed E-state index contributed by atoms with van der Waals surface area (Å²) in [7, 11) is 0. The molecule has 7 nitrogen and oxygen atoms in total. The monoisotopic (exact) mass is 259 g/mol. The number of hydrogen-bond donors (Lipinski definition) is 1. The Morgan fingerprint density at radius 2 is 2.16 bits per heavy atom. The molecule has 0 fully saturated rings. The van der Waals surface area contributed by atoms with Crippen molar-refractivity contribution in [2.24, 2.45) is 0 Å². The minimum atomic E-state index is -1.11. The van der Waals surface area contributed by atoms with Crippen molar-refractivity contribution in [1.29, 1.82) is 0 Å². The highest BCUT2D eigenvalue weighted by molar-refractivity contribution is 5.88. The molecular weight excluding hydrogens is 250 g/mol. The predicted octanol–water partition coefficient (Wildman–Crippen LogP) is 2.06. The first kappa shape index (κ1) is 12.6. The molecule has 1 N–H and O–H groups in total. The quantitative estimate of drug-likeness (QED) is 0.667. The van der Waals surface area contributed by atoms with Crippen LogP contribution in [-0.2, 0) is 0 Å². The van der Waals surface area contributed by atoms with Gasteiger partial charge in [0.1, 0.15) is 0 Å². The molecule has 0 bridgehead atoms. The van der Waals surface area contributed by atoms with Gasteiger partial charge in [-0.1, -0.05) is 12.1 Å². The first-order valence-corrected chi connectivity index (χ1v) is 5.31. The number of carboxylic acids is 1. The number of aryl methyl sites for hydroxylation is 1. The number of rotatable bonds is 3. The molecule has 0 saturated heterocycles. The van der Waals surface area contributed by atoms with Crippen LogP contribution in [0, 0.1) is 17.0 Å². The van der Waals surface area contributed by atoms with Crippen molar-refractivity contribution < 1.29 is 14.8 Å². The van der Waals surface area contributed by atoms with Crippen LogP contribution in [0.3, 0.4) is 0 Å². The molecular formula is C12H9N3O4. The molecule has 1 heterocycles. The molecule has 0 aliphatic rings. The molecule has 19 heavy (non-hydrogen) atoms. The van der Waals surface area contributed by atoms with Gasteiger partial charge in [0.2, 0.25) is 0 Å². The third-order valence-electron chi connectivity index (χ3n) is 2.52. The second-order valence-electron chi connectivity index (χ2n) is 3.81. The number of carbonyl (C=O) groups is 1. The van der Waals surface area contributed by atoms with Crippen molar-refractivity contribution in [3.05, 3.63) is 51.8 Å². The molecule has 0 radical (unpaired) electrons. The highest BCUT2D eigenvalue weighted by Crippen LogP contribution is 2.21. The molecule has 0 saturated carbocycles. The van der Waals surface area contributed by atoms with Crippen molar-refractivity contribution >= 4 is 11.7 Å². The van der Waals surface area contributed by atoms with E-state index in [1.165, 1.54) is 24.4 Å². The molecule has 1 aromatic carbocycles. The van der Waals surface area contributed by atoms with Gasteiger partial charge in [0.25, 0.3) is 5.69 Å². The normalized spacial score (nSPS) is 10.2. The molecule has 96 valence electrons. The van der Waals surface area contributed by atoms with Crippen molar-refractivity contribution in [3.63, 3.8) is 0 Å².